The van der Waals surface area contributed by atoms with Gasteiger partial charge in [0.25, 0.3) is 5.91 Å². The fourth-order valence-electron chi connectivity index (χ4n) is 2.71. The summed E-state index contributed by atoms with van der Waals surface area (Å²) in [5, 5.41) is 3.92. The molecule has 0 atom stereocenters. The van der Waals surface area contributed by atoms with Crippen LogP contribution in [0, 0.1) is 0 Å². The number of benzene rings is 2. The van der Waals surface area contributed by atoms with Crippen LogP contribution in [0.1, 0.15) is 34.7 Å². The molecule has 1 amide bonds. The molecule has 138 valence electrons. The summed E-state index contributed by atoms with van der Waals surface area (Å²) >= 11 is 0. The van der Waals surface area contributed by atoms with Gasteiger partial charge in [0.15, 0.2) is 11.5 Å². The Morgan fingerprint density at radius 2 is 1.81 bits per heavy atom. The topological polar surface area (TPSA) is 72.6 Å². The highest BCUT2D eigenvalue weighted by Crippen LogP contribution is 2.23. The van der Waals surface area contributed by atoms with Crippen molar-refractivity contribution in [2.24, 2.45) is 0 Å². The minimum absolute atomic E-state index is 0.206. The number of hydrogen-bond acceptors (Lipinski definition) is 5. The summed E-state index contributed by atoms with van der Waals surface area (Å²) in [6.45, 7) is 4.31. The predicted molar refractivity (Wildman–Crippen MR) is 102 cm³/mol. The SMILES string of the molecule is CCOC(=O)c1cccc(N(CC)C(=O)c2cc(-c3ccccc3)on2)c1. The standard InChI is InChI=1S/C21H20N2O4/c1-3-23(17-12-8-11-16(13-17)21(25)26-4-2)20(24)18-14-19(27-22-18)15-9-6-5-7-10-15/h5-14H,3-4H2,1-2H3. The minimum Gasteiger partial charge on any atom is -0.462 e. The van der Waals surface area contributed by atoms with Gasteiger partial charge in [0.1, 0.15) is 0 Å². The fraction of sp³-hybridized carbons (Fsp3) is 0.190. The van der Waals surface area contributed by atoms with E-state index >= 15 is 0 Å². The number of amides is 1. The van der Waals surface area contributed by atoms with Crippen molar-refractivity contribution in [3.05, 3.63) is 71.9 Å². The molecule has 0 bridgehead atoms. The number of carbonyl (C=O) groups is 2. The molecule has 1 aromatic heterocycles. The van der Waals surface area contributed by atoms with Crippen LogP contribution in [0.3, 0.4) is 0 Å². The number of hydrogen-bond donors (Lipinski definition) is 0. The number of aromatic nitrogens is 1. The molecule has 0 spiro atoms. The monoisotopic (exact) mass is 364 g/mol. The fourth-order valence-corrected chi connectivity index (χ4v) is 2.71. The number of anilines is 1. The molecule has 0 saturated heterocycles. The summed E-state index contributed by atoms with van der Waals surface area (Å²) < 4.78 is 10.3. The highest BCUT2D eigenvalue weighted by Gasteiger charge is 2.21. The molecule has 1 heterocycles. The zero-order chi connectivity index (χ0) is 19.2. The van der Waals surface area contributed by atoms with Crippen molar-refractivity contribution in [3.8, 4) is 11.3 Å². The average molecular weight is 364 g/mol. The molecule has 0 fully saturated rings. The van der Waals surface area contributed by atoms with Crippen molar-refractivity contribution in [1.29, 1.82) is 0 Å². The second kappa shape index (κ2) is 8.31. The molecule has 0 aliphatic heterocycles. The first kappa shape index (κ1) is 18.4. The maximum Gasteiger partial charge on any atom is 0.338 e. The molecule has 0 aliphatic carbocycles. The molecular formula is C21H20N2O4. The van der Waals surface area contributed by atoms with Crippen LogP contribution in [0.2, 0.25) is 0 Å². The van der Waals surface area contributed by atoms with Crippen LogP contribution < -0.4 is 4.90 Å². The van der Waals surface area contributed by atoms with Gasteiger partial charge in [-0.3, -0.25) is 4.79 Å². The molecule has 2 aromatic carbocycles. The van der Waals surface area contributed by atoms with Gasteiger partial charge >= 0.3 is 5.97 Å². The summed E-state index contributed by atoms with van der Waals surface area (Å²) in [4.78, 5) is 26.4. The molecule has 0 unspecified atom stereocenters. The lowest BCUT2D eigenvalue weighted by molar-refractivity contribution is 0.0526. The minimum atomic E-state index is -0.421. The lowest BCUT2D eigenvalue weighted by atomic mass is 10.1. The lowest BCUT2D eigenvalue weighted by Crippen LogP contribution is -2.31. The van der Waals surface area contributed by atoms with E-state index in [4.69, 9.17) is 9.26 Å². The maximum atomic E-state index is 12.9. The van der Waals surface area contributed by atoms with Gasteiger partial charge in [-0.05, 0) is 32.0 Å². The summed E-state index contributed by atoms with van der Waals surface area (Å²) in [5.74, 6) is -0.199. The third-order valence-electron chi connectivity index (χ3n) is 4.02. The van der Waals surface area contributed by atoms with Crippen LogP contribution in [0.15, 0.2) is 65.2 Å². The Kier molecular flexibility index (Phi) is 5.66. The van der Waals surface area contributed by atoms with Crippen LogP contribution in [0.5, 0.6) is 0 Å². The maximum absolute atomic E-state index is 12.9. The van der Waals surface area contributed by atoms with Crippen molar-refractivity contribution in [2.45, 2.75) is 13.8 Å². The van der Waals surface area contributed by atoms with Crippen molar-refractivity contribution < 1.29 is 18.8 Å². The Morgan fingerprint density at radius 1 is 1.04 bits per heavy atom. The highest BCUT2D eigenvalue weighted by atomic mass is 16.5. The van der Waals surface area contributed by atoms with Crippen LogP contribution in [0.4, 0.5) is 5.69 Å². The highest BCUT2D eigenvalue weighted by molar-refractivity contribution is 6.05. The van der Waals surface area contributed by atoms with E-state index in [9.17, 15) is 9.59 Å². The zero-order valence-corrected chi connectivity index (χ0v) is 15.2. The Balaban J connectivity index is 1.86. The van der Waals surface area contributed by atoms with E-state index in [2.05, 4.69) is 5.16 Å². The number of ether oxygens (including phenoxy) is 1. The van der Waals surface area contributed by atoms with Crippen molar-refractivity contribution in [3.63, 3.8) is 0 Å². The predicted octanol–water partition coefficient (Wildman–Crippen LogP) is 4.19. The van der Waals surface area contributed by atoms with E-state index in [-0.39, 0.29) is 11.6 Å². The molecule has 6 nitrogen and oxygen atoms in total. The van der Waals surface area contributed by atoms with E-state index in [1.165, 1.54) is 4.90 Å². The Labute approximate surface area is 157 Å². The molecular weight excluding hydrogens is 344 g/mol. The van der Waals surface area contributed by atoms with Gasteiger partial charge in [-0.25, -0.2) is 4.79 Å². The summed E-state index contributed by atoms with van der Waals surface area (Å²) in [7, 11) is 0. The van der Waals surface area contributed by atoms with Gasteiger partial charge in [-0.1, -0.05) is 41.6 Å². The molecule has 0 saturated carbocycles. The van der Waals surface area contributed by atoms with Gasteiger partial charge in [-0.2, -0.15) is 0 Å². The van der Waals surface area contributed by atoms with Gasteiger partial charge in [0.05, 0.1) is 12.2 Å². The Bertz CT molecular complexity index is 934. The molecule has 0 aliphatic rings. The zero-order valence-electron chi connectivity index (χ0n) is 15.2. The molecule has 27 heavy (non-hydrogen) atoms. The normalized spacial score (nSPS) is 10.4. The smallest absolute Gasteiger partial charge is 0.338 e. The number of nitrogens with zero attached hydrogens (tertiary/aromatic N) is 2. The summed E-state index contributed by atoms with van der Waals surface area (Å²) in [5.41, 5.74) is 2.04. The van der Waals surface area contributed by atoms with Gasteiger partial charge in [0.2, 0.25) is 0 Å². The van der Waals surface area contributed by atoms with Crippen LogP contribution in [-0.2, 0) is 4.74 Å². The summed E-state index contributed by atoms with van der Waals surface area (Å²) in [6, 6.07) is 17.8. The van der Waals surface area contributed by atoms with E-state index in [1.54, 1.807) is 37.3 Å². The largest absolute Gasteiger partial charge is 0.462 e. The average Bonchev–Trinajstić information content (AvgIpc) is 3.20. The van der Waals surface area contributed by atoms with Crippen LogP contribution in [-0.4, -0.2) is 30.2 Å². The van der Waals surface area contributed by atoms with E-state index in [0.717, 1.165) is 5.56 Å². The molecule has 6 heteroatoms. The number of esters is 1. The Morgan fingerprint density at radius 3 is 2.52 bits per heavy atom. The number of carbonyl (C=O) groups excluding carboxylic acids is 2. The van der Waals surface area contributed by atoms with Crippen LogP contribution >= 0.6 is 0 Å². The van der Waals surface area contributed by atoms with E-state index < -0.39 is 5.97 Å². The van der Waals surface area contributed by atoms with E-state index in [1.807, 2.05) is 37.3 Å². The first-order chi connectivity index (χ1) is 13.1. The number of rotatable bonds is 6. The second-order valence-electron chi connectivity index (χ2n) is 5.76. The van der Waals surface area contributed by atoms with Gasteiger partial charge in [0, 0.05) is 23.9 Å². The third-order valence-corrected chi connectivity index (χ3v) is 4.02. The van der Waals surface area contributed by atoms with Crippen molar-refractivity contribution in [1.82, 2.24) is 5.16 Å². The van der Waals surface area contributed by atoms with Crippen molar-refractivity contribution in [2.75, 3.05) is 18.1 Å². The lowest BCUT2D eigenvalue weighted by Gasteiger charge is -2.20. The van der Waals surface area contributed by atoms with Gasteiger partial charge in [-0.15, -0.1) is 0 Å². The van der Waals surface area contributed by atoms with Crippen LogP contribution in [0.25, 0.3) is 11.3 Å². The summed E-state index contributed by atoms with van der Waals surface area (Å²) in [6.07, 6.45) is 0. The molecule has 0 N–H and O–H groups in total. The first-order valence-corrected chi connectivity index (χ1v) is 8.75. The van der Waals surface area contributed by atoms with E-state index in [0.29, 0.717) is 30.2 Å². The Hall–Kier alpha value is -3.41. The van der Waals surface area contributed by atoms with Crippen molar-refractivity contribution >= 4 is 17.6 Å². The molecule has 0 radical (unpaired) electrons. The first-order valence-electron chi connectivity index (χ1n) is 8.75. The molecule has 3 aromatic rings. The van der Waals surface area contributed by atoms with Gasteiger partial charge < -0.3 is 14.2 Å². The molecule has 3 rings (SSSR count). The third kappa shape index (κ3) is 4.06. The second-order valence-corrected chi connectivity index (χ2v) is 5.76. The quantitative estimate of drug-likeness (QED) is 0.613.